The van der Waals surface area contributed by atoms with E-state index in [4.69, 9.17) is 23.2 Å². The molecule has 3 nitrogen and oxygen atoms in total. The molecule has 25 heavy (non-hydrogen) atoms. The normalized spacial score (nSPS) is 26.6. The van der Waals surface area contributed by atoms with E-state index in [0.29, 0.717) is 11.8 Å². The number of benzene rings is 1. The first-order chi connectivity index (χ1) is 12.0. The molecule has 0 unspecified atom stereocenters. The Hall–Kier alpha value is -1.03. The fourth-order valence-electron chi connectivity index (χ4n) is 4.22. The van der Waals surface area contributed by atoms with Crippen LogP contribution in [0.15, 0.2) is 40.9 Å². The molecule has 1 aromatic carbocycles. The molecule has 2 fully saturated rings. The zero-order chi connectivity index (χ0) is 18.0. The SMILES string of the molecule is CC(C)[C@H]1[C@H](C=C(Cl)Cl)[C@@H]1C(=O)N1CC[NH+](Cc2ccccc2)CC1. The number of hydrogen-bond acceptors (Lipinski definition) is 1. The maximum atomic E-state index is 12.9. The number of carbonyl (C=O) groups excluding carboxylic acids is 1. The standard InChI is InChI=1S/C20H26Cl2N2O/c1-14(2)18-16(12-17(21)22)19(18)20(25)24-10-8-23(9-11-24)13-15-6-4-3-5-7-15/h3-7,12,14,16,18-19H,8-11,13H2,1-2H3/p+1/t16-,18-,19-/m0/s1. The van der Waals surface area contributed by atoms with Crippen LogP contribution in [0.3, 0.4) is 0 Å². The molecule has 5 heteroatoms. The minimum Gasteiger partial charge on any atom is -0.331 e. The van der Waals surface area contributed by atoms with E-state index in [1.165, 1.54) is 5.56 Å². The molecule has 0 bridgehead atoms. The van der Waals surface area contributed by atoms with Crippen molar-refractivity contribution >= 4 is 29.1 Å². The molecule has 1 N–H and O–H groups in total. The molecule has 2 aliphatic rings. The molecule has 136 valence electrons. The highest BCUT2D eigenvalue weighted by Crippen LogP contribution is 2.53. The van der Waals surface area contributed by atoms with Gasteiger partial charge in [0.25, 0.3) is 0 Å². The van der Waals surface area contributed by atoms with Gasteiger partial charge in [0.15, 0.2) is 0 Å². The lowest BCUT2D eigenvalue weighted by atomic mass is 10.1. The van der Waals surface area contributed by atoms with Gasteiger partial charge in [0.1, 0.15) is 11.0 Å². The van der Waals surface area contributed by atoms with Gasteiger partial charge in [0.05, 0.1) is 26.2 Å². The number of rotatable bonds is 5. The van der Waals surface area contributed by atoms with Crippen LogP contribution in [-0.2, 0) is 11.3 Å². The molecule has 0 radical (unpaired) electrons. The summed E-state index contributed by atoms with van der Waals surface area (Å²) < 4.78 is 0.281. The molecular weight excluding hydrogens is 355 g/mol. The molecule has 3 rings (SSSR count). The first-order valence-corrected chi connectivity index (χ1v) is 9.92. The third-order valence-corrected chi connectivity index (χ3v) is 5.84. The topological polar surface area (TPSA) is 24.8 Å². The van der Waals surface area contributed by atoms with Crippen LogP contribution in [0, 0.1) is 23.7 Å². The molecule has 0 spiro atoms. The number of hydrogen-bond donors (Lipinski definition) is 1. The zero-order valence-electron chi connectivity index (χ0n) is 14.9. The second-order valence-electron chi connectivity index (χ2n) is 7.62. The maximum Gasteiger partial charge on any atom is 0.227 e. The summed E-state index contributed by atoms with van der Waals surface area (Å²) in [4.78, 5) is 16.5. The zero-order valence-corrected chi connectivity index (χ0v) is 16.4. The predicted molar refractivity (Wildman–Crippen MR) is 103 cm³/mol. The summed E-state index contributed by atoms with van der Waals surface area (Å²) >= 11 is 11.7. The van der Waals surface area contributed by atoms with E-state index >= 15 is 0 Å². The fourth-order valence-corrected chi connectivity index (χ4v) is 4.51. The summed E-state index contributed by atoms with van der Waals surface area (Å²) in [5.74, 6) is 1.38. The Morgan fingerprint density at radius 3 is 2.44 bits per heavy atom. The van der Waals surface area contributed by atoms with Crippen molar-refractivity contribution in [3.63, 3.8) is 0 Å². The van der Waals surface area contributed by atoms with Crippen molar-refractivity contribution in [2.24, 2.45) is 23.7 Å². The number of allylic oxidation sites excluding steroid dienone is 1. The first kappa shape index (κ1) is 18.8. The van der Waals surface area contributed by atoms with Gasteiger partial charge in [-0.25, -0.2) is 0 Å². The summed E-state index contributed by atoms with van der Waals surface area (Å²) in [7, 11) is 0. The van der Waals surface area contributed by atoms with E-state index < -0.39 is 0 Å². The molecule has 1 saturated carbocycles. The molecule has 1 aromatic rings. The van der Waals surface area contributed by atoms with Gasteiger partial charge in [-0.15, -0.1) is 0 Å². The highest BCUT2D eigenvalue weighted by Gasteiger charge is 2.56. The number of quaternary nitrogens is 1. The van der Waals surface area contributed by atoms with Crippen LogP contribution in [0.1, 0.15) is 19.4 Å². The number of piperazine rings is 1. The average Bonchev–Trinajstić information content (AvgIpc) is 3.29. The van der Waals surface area contributed by atoms with E-state index in [2.05, 4.69) is 38.1 Å². The van der Waals surface area contributed by atoms with Crippen LogP contribution < -0.4 is 4.90 Å². The van der Waals surface area contributed by atoms with Crippen molar-refractivity contribution in [2.75, 3.05) is 26.2 Å². The largest absolute Gasteiger partial charge is 0.331 e. The highest BCUT2D eigenvalue weighted by molar-refractivity contribution is 6.55. The van der Waals surface area contributed by atoms with Crippen LogP contribution in [0.4, 0.5) is 0 Å². The van der Waals surface area contributed by atoms with Gasteiger partial charge in [-0.3, -0.25) is 4.79 Å². The number of nitrogens with zero attached hydrogens (tertiary/aromatic N) is 1. The smallest absolute Gasteiger partial charge is 0.227 e. The molecule has 0 aromatic heterocycles. The second-order valence-corrected chi connectivity index (χ2v) is 8.63. The van der Waals surface area contributed by atoms with Crippen molar-refractivity contribution in [1.29, 1.82) is 0 Å². The van der Waals surface area contributed by atoms with Gasteiger partial charge in [-0.1, -0.05) is 67.4 Å². The Labute approximate surface area is 160 Å². The Morgan fingerprint density at radius 1 is 1.24 bits per heavy atom. The van der Waals surface area contributed by atoms with Crippen LogP contribution in [0.25, 0.3) is 0 Å². The van der Waals surface area contributed by atoms with Gasteiger partial charge < -0.3 is 9.80 Å². The third kappa shape index (κ3) is 4.58. The van der Waals surface area contributed by atoms with Crippen molar-refractivity contribution in [2.45, 2.75) is 20.4 Å². The summed E-state index contributed by atoms with van der Waals surface area (Å²) in [6, 6.07) is 10.6. The van der Waals surface area contributed by atoms with Crippen molar-refractivity contribution < 1.29 is 9.69 Å². The average molecular weight is 382 g/mol. The minimum absolute atomic E-state index is 0.0585. The summed E-state index contributed by atoms with van der Waals surface area (Å²) in [6.45, 7) is 9.08. The van der Waals surface area contributed by atoms with E-state index in [9.17, 15) is 4.79 Å². The Balaban J connectivity index is 1.54. The monoisotopic (exact) mass is 381 g/mol. The molecule has 1 aliphatic carbocycles. The molecule has 3 atom stereocenters. The molecule has 1 aliphatic heterocycles. The Kier molecular flexibility index (Phi) is 6.08. The molecule has 1 heterocycles. The lowest BCUT2D eigenvalue weighted by Crippen LogP contribution is -3.13. The fraction of sp³-hybridized carbons (Fsp3) is 0.550. The lowest BCUT2D eigenvalue weighted by molar-refractivity contribution is -0.917. The van der Waals surface area contributed by atoms with Crippen LogP contribution in [0.5, 0.6) is 0 Å². The van der Waals surface area contributed by atoms with Crippen molar-refractivity contribution in [1.82, 2.24) is 4.90 Å². The Bertz CT molecular complexity index is 620. The summed E-state index contributed by atoms with van der Waals surface area (Å²) in [6.07, 6.45) is 1.85. The van der Waals surface area contributed by atoms with Gasteiger partial charge in [-0.2, -0.15) is 0 Å². The van der Waals surface area contributed by atoms with Crippen LogP contribution in [-0.4, -0.2) is 37.0 Å². The van der Waals surface area contributed by atoms with Crippen LogP contribution in [0.2, 0.25) is 0 Å². The van der Waals surface area contributed by atoms with E-state index in [1.54, 1.807) is 4.90 Å². The predicted octanol–water partition coefficient (Wildman–Crippen LogP) is 2.75. The van der Waals surface area contributed by atoms with Crippen LogP contribution >= 0.6 is 23.2 Å². The van der Waals surface area contributed by atoms with Crippen molar-refractivity contribution in [3.8, 4) is 0 Å². The molecule has 1 saturated heterocycles. The summed E-state index contributed by atoms with van der Waals surface area (Å²) in [5.41, 5.74) is 1.36. The van der Waals surface area contributed by atoms with Crippen molar-refractivity contribution in [3.05, 3.63) is 46.5 Å². The molecule has 1 amide bonds. The number of amides is 1. The minimum atomic E-state index is 0.0585. The summed E-state index contributed by atoms with van der Waals surface area (Å²) in [5, 5.41) is 0. The number of nitrogens with one attached hydrogen (secondary N) is 1. The van der Waals surface area contributed by atoms with E-state index in [1.807, 2.05) is 17.0 Å². The number of halogens is 2. The Morgan fingerprint density at radius 2 is 1.88 bits per heavy atom. The second kappa shape index (κ2) is 8.11. The van der Waals surface area contributed by atoms with Gasteiger partial charge in [0, 0.05) is 11.5 Å². The number of carbonyl (C=O) groups is 1. The van der Waals surface area contributed by atoms with E-state index in [-0.39, 0.29) is 22.2 Å². The highest BCUT2D eigenvalue weighted by atomic mass is 35.5. The molecular formula is C20H27Cl2N2O+. The van der Waals surface area contributed by atoms with E-state index in [0.717, 1.165) is 32.7 Å². The first-order valence-electron chi connectivity index (χ1n) is 9.16. The lowest BCUT2D eigenvalue weighted by Gasteiger charge is -2.32. The van der Waals surface area contributed by atoms with Gasteiger partial charge in [0.2, 0.25) is 5.91 Å². The quantitative estimate of drug-likeness (QED) is 0.832. The maximum absolute atomic E-state index is 12.9. The van der Waals surface area contributed by atoms with Gasteiger partial charge in [-0.05, 0) is 23.8 Å². The van der Waals surface area contributed by atoms with Gasteiger partial charge >= 0.3 is 0 Å². The third-order valence-electron chi connectivity index (χ3n) is 5.59.